The van der Waals surface area contributed by atoms with Crippen LogP contribution in [0.2, 0.25) is 0 Å². The van der Waals surface area contributed by atoms with E-state index in [1.54, 1.807) is 0 Å². The molecule has 0 aliphatic heterocycles. The third kappa shape index (κ3) is 4.73. The standard InChI is InChI=1S/C22H28N4S/c1-5-15(4)23-13-16-8-6-11-19-18-10-7-9-17(12-20(18)26-21(16)19)25-22(27)24-14(2)3/h6-12,14-15,23,26H,5,13H2,1-4H3,(H,24,27). The van der Waals surface area contributed by atoms with Crippen molar-refractivity contribution in [3.63, 3.8) is 0 Å². The van der Waals surface area contributed by atoms with Gasteiger partial charge in [-0.1, -0.05) is 37.3 Å². The lowest BCUT2D eigenvalue weighted by molar-refractivity contribution is 0.535. The number of para-hydroxylation sites is 1. The quantitative estimate of drug-likeness (QED) is 0.575. The molecule has 0 aliphatic rings. The Morgan fingerprint density at radius 3 is 2.59 bits per heavy atom. The molecule has 1 heterocycles. The molecule has 0 aliphatic carbocycles. The van der Waals surface area contributed by atoms with Gasteiger partial charge in [0.05, 0.1) is 10.9 Å². The van der Waals surface area contributed by atoms with Crippen molar-refractivity contribution in [1.82, 2.24) is 15.6 Å². The average Bonchev–Trinajstić information content (AvgIpc) is 2.84. The molecule has 0 amide bonds. The van der Waals surface area contributed by atoms with Crippen molar-refractivity contribution < 1.29 is 0 Å². The molecule has 0 radical (unpaired) electrons. The Kier molecular flexibility index (Phi) is 6.24. The third-order valence-corrected chi connectivity index (χ3v) is 4.92. The van der Waals surface area contributed by atoms with E-state index in [0.29, 0.717) is 11.2 Å². The number of H-pyrrole nitrogens is 1. The van der Waals surface area contributed by atoms with E-state index in [0.717, 1.165) is 23.8 Å². The van der Waals surface area contributed by atoms with Crippen molar-refractivity contribution in [1.29, 1.82) is 0 Å². The summed E-state index contributed by atoms with van der Waals surface area (Å²) < 4.78 is 0. The molecular weight excluding hydrogens is 352 g/mol. The maximum Gasteiger partial charge on any atom is 0.193 e. The van der Waals surface area contributed by atoms with Gasteiger partial charge in [0.2, 0.25) is 0 Å². The lowest BCUT2D eigenvalue weighted by Crippen LogP contribution is -2.28. The fraction of sp³-hybridized carbons (Fsp3) is 0.364. The van der Waals surface area contributed by atoms with E-state index in [1.165, 1.54) is 21.9 Å². The fourth-order valence-electron chi connectivity index (χ4n) is 3.09. The number of rotatable bonds is 5. The summed E-state index contributed by atoms with van der Waals surface area (Å²) in [6.45, 7) is 9.37. The minimum atomic E-state index is 0.271. The van der Waals surface area contributed by atoms with Gasteiger partial charge >= 0.3 is 0 Å². The van der Waals surface area contributed by atoms with Crippen LogP contribution in [0.1, 0.15) is 39.7 Å². The molecule has 1 unspecified atom stereocenters. The van der Waals surface area contributed by atoms with Crippen LogP contribution in [0.25, 0.3) is 21.8 Å². The first-order valence-electron chi connectivity index (χ1n) is 9.60. The molecule has 3 aromatic rings. The molecule has 142 valence electrons. The number of aromatic amines is 1. The molecule has 27 heavy (non-hydrogen) atoms. The average molecular weight is 381 g/mol. The van der Waals surface area contributed by atoms with Gasteiger partial charge in [0.25, 0.3) is 0 Å². The first-order valence-corrected chi connectivity index (χ1v) is 10.0. The van der Waals surface area contributed by atoms with Crippen LogP contribution in [-0.2, 0) is 6.54 Å². The molecule has 1 aromatic heterocycles. The van der Waals surface area contributed by atoms with Gasteiger partial charge in [0.15, 0.2) is 5.11 Å². The van der Waals surface area contributed by atoms with Crippen molar-refractivity contribution >= 4 is 39.1 Å². The Morgan fingerprint density at radius 1 is 1.11 bits per heavy atom. The summed E-state index contributed by atoms with van der Waals surface area (Å²) in [5, 5.41) is 10.5. The van der Waals surface area contributed by atoms with Crippen LogP contribution in [-0.4, -0.2) is 22.2 Å². The highest BCUT2D eigenvalue weighted by atomic mass is 32.1. The van der Waals surface area contributed by atoms with Gasteiger partial charge in [-0.25, -0.2) is 4.99 Å². The van der Waals surface area contributed by atoms with Crippen LogP contribution >= 0.6 is 12.2 Å². The lowest BCUT2D eigenvalue weighted by Gasteiger charge is -2.11. The van der Waals surface area contributed by atoms with Gasteiger partial charge in [-0.3, -0.25) is 0 Å². The molecule has 4 nitrogen and oxygen atoms in total. The molecule has 3 N–H and O–H groups in total. The molecule has 0 spiro atoms. The van der Waals surface area contributed by atoms with Crippen LogP contribution in [0.4, 0.5) is 0 Å². The van der Waals surface area contributed by atoms with Crippen LogP contribution < -0.4 is 16.0 Å². The van der Waals surface area contributed by atoms with E-state index in [4.69, 9.17) is 12.2 Å². The van der Waals surface area contributed by atoms with Crippen LogP contribution in [0.3, 0.4) is 0 Å². The largest absolute Gasteiger partial charge is 0.359 e. The van der Waals surface area contributed by atoms with Crippen LogP contribution in [0, 0.1) is 0 Å². The Morgan fingerprint density at radius 2 is 1.85 bits per heavy atom. The minimum Gasteiger partial charge on any atom is -0.359 e. The number of thiocarbonyl (C=S) groups is 1. The highest BCUT2D eigenvalue weighted by molar-refractivity contribution is 7.80. The fourth-order valence-corrected chi connectivity index (χ4v) is 3.43. The number of hydrogen-bond acceptors (Lipinski definition) is 2. The molecule has 0 saturated carbocycles. The Hall–Kier alpha value is -2.24. The van der Waals surface area contributed by atoms with Crippen LogP contribution in [0.5, 0.6) is 0 Å². The van der Waals surface area contributed by atoms with Gasteiger partial charge in [-0.2, -0.15) is 0 Å². The summed E-state index contributed by atoms with van der Waals surface area (Å²) in [5.74, 6) is 0. The van der Waals surface area contributed by atoms with Crippen LogP contribution in [0.15, 0.2) is 47.5 Å². The normalized spacial score (nSPS) is 13.4. The van der Waals surface area contributed by atoms with Crippen molar-refractivity contribution in [2.24, 2.45) is 4.99 Å². The molecular formula is C22H28N4S. The highest BCUT2D eigenvalue weighted by Gasteiger charge is 2.08. The van der Waals surface area contributed by atoms with Gasteiger partial charge in [-0.15, -0.1) is 0 Å². The summed E-state index contributed by atoms with van der Waals surface area (Å²) in [4.78, 5) is 8.14. The number of nitrogens with zero attached hydrogens (tertiary/aromatic N) is 1. The molecule has 5 heteroatoms. The third-order valence-electron chi connectivity index (χ3n) is 4.71. The van der Waals surface area contributed by atoms with E-state index in [9.17, 15) is 0 Å². The lowest BCUT2D eigenvalue weighted by atomic mass is 10.1. The molecule has 0 bridgehead atoms. The first-order chi connectivity index (χ1) is 13.0. The molecule has 1 atom stereocenters. The zero-order chi connectivity index (χ0) is 19.4. The second-order valence-electron chi connectivity index (χ2n) is 7.29. The first kappa shape index (κ1) is 19.5. The monoisotopic (exact) mass is 380 g/mol. The summed E-state index contributed by atoms with van der Waals surface area (Å²) in [5.41, 5.74) is 3.53. The molecule has 2 aromatic carbocycles. The second-order valence-corrected chi connectivity index (χ2v) is 7.68. The summed E-state index contributed by atoms with van der Waals surface area (Å²) >= 11 is 5.33. The summed E-state index contributed by atoms with van der Waals surface area (Å²) in [6, 6.07) is 15.5. The number of benzene rings is 1. The van der Waals surface area contributed by atoms with Crippen molar-refractivity contribution in [2.75, 3.05) is 0 Å². The molecule has 3 rings (SSSR count). The number of nitrogens with one attached hydrogen (secondary N) is 3. The number of aromatic nitrogens is 1. The Balaban J connectivity index is 2.05. The van der Waals surface area contributed by atoms with Crippen molar-refractivity contribution in [3.05, 3.63) is 53.4 Å². The van der Waals surface area contributed by atoms with Crippen molar-refractivity contribution in [2.45, 2.75) is 52.7 Å². The zero-order valence-electron chi connectivity index (χ0n) is 16.5. The predicted molar refractivity (Wildman–Crippen MR) is 119 cm³/mol. The second kappa shape index (κ2) is 8.63. The van der Waals surface area contributed by atoms with Gasteiger partial charge < -0.3 is 15.6 Å². The van der Waals surface area contributed by atoms with Gasteiger partial charge in [-0.05, 0) is 57.1 Å². The minimum absolute atomic E-state index is 0.271. The van der Waals surface area contributed by atoms with E-state index in [-0.39, 0.29) is 6.04 Å². The predicted octanol–water partition coefficient (Wildman–Crippen LogP) is 4.39. The Labute approximate surface area is 166 Å². The summed E-state index contributed by atoms with van der Waals surface area (Å²) in [6.07, 6.45) is 1.12. The van der Waals surface area contributed by atoms with E-state index in [1.807, 2.05) is 12.1 Å². The van der Waals surface area contributed by atoms with Crippen molar-refractivity contribution in [3.8, 4) is 0 Å². The SMILES string of the molecule is CCC(C)NCc1cccc2c1[nH]c1cc(=NC(=S)NC(C)C)cccc12. The summed E-state index contributed by atoms with van der Waals surface area (Å²) in [7, 11) is 0. The maximum absolute atomic E-state index is 5.33. The zero-order valence-corrected chi connectivity index (χ0v) is 17.3. The molecule has 0 saturated heterocycles. The van der Waals surface area contributed by atoms with E-state index < -0.39 is 0 Å². The number of hydrogen-bond donors (Lipinski definition) is 3. The molecule has 0 fully saturated rings. The van der Waals surface area contributed by atoms with E-state index >= 15 is 0 Å². The maximum atomic E-state index is 5.33. The van der Waals surface area contributed by atoms with E-state index in [2.05, 4.69) is 78.6 Å². The Bertz CT molecular complexity index is 1020. The van der Waals surface area contributed by atoms with Gasteiger partial charge in [0.1, 0.15) is 0 Å². The van der Waals surface area contributed by atoms with Gasteiger partial charge in [0, 0.05) is 34.9 Å². The topological polar surface area (TPSA) is 52.2 Å². The highest BCUT2D eigenvalue weighted by Crippen LogP contribution is 2.26. The number of fused-ring (bicyclic) bond motifs is 3. The smallest absolute Gasteiger partial charge is 0.193 e.